The molecule has 48 heavy (non-hydrogen) atoms. The number of aryl methyl sites for hydroxylation is 2. The van der Waals surface area contributed by atoms with Crippen molar-refractivity contribution in [3.63, 3.8) is 0 Å². The number of fused-ring (bicyclic) bond motifs is 4. The van der Waals surface area contributed by atoms with Gasteiger partial charge < -0.3 is 30.5 Å². The van der Waals surface area contributed by atoms with Gasteiger partial charge in [-0.1, -0.05) is 19.1 Å². The van der Waals surface area contributed by atoms with Crippen LogP contribution in [0.25, 0.3) is 0 Å². The van der Waals surface area contributed by atoms with Crippen LogP contribution in [0, 0.1) is 12.8 Å². The molecule has 0 radical (unpaired) electrons. The number of amides is 3. The molecular weight excluding hydrogens is 636 g/mol. The van der Waals surface area contributed by atoms with Crippen molar-refractivity contribution in [1.29, 1.82) is 0 Å². The molecule has 0 fully saturated rings. The Morgan fingerprint density at radius 3 is 2.58 bits per heavy atom. The van der Waals surface area contributed by atoms with Gasteiger partial charge in [-0.05, 0) is 70.2 Å². The van der Waals surface area contributed by atoms with Gasteiger partial charge in [0.2, 0.25) is 11.8 Å². The maximum absolute atomic E-state index is 13.5. The summed E-state index contributed by atoms with van der Waals surface area (Å²) in [7, 11) is 1.51. The lowest BCUT2D eigenvalue weighted by atomic mass is 10.0. The molecule has 1 aliphatic rings. The lowest BCUT2D eigenvalue weighted by molar-refractivity contribution is -0.132. The summed E-state index contributed by atoms with van der Waals surface area (Å²) in [4.78, 5) is 48.0. The van der Waals surface area contributed by atoms with E-state index in [0.29, 0.717) is 43.1 Å². The molecule has 262 valence electrons. The Bertz CT molecular complexity index is 1510. The van der Waals surface area contributed by atoms with Gasteiger partial charge in [0.25, 0.3) is 5.91 Å². The summed E-state index contributed by atoms with van der Waals surface area (Å²) in [6.45, 7) is 10.9. The highest BCUT2D eigenvalue weighted by atomic mass is 32.1. The Morgan fingerprint density at radius 2 is 1.88 bits per heavy atom. The number of nitrogens with one attached hydrogen (secondary N) is 3. The SMILES string of the molecule is COc1ccc2cc1OCc1cn(nn1)CCCN(Cc1scnc1C)CCCCNC(=O)[C@H]([C@@H](C)O)NC(=O)[C@@H](CC(C)C)NC2=O. The third-order valence-corrected chi connectivity index (χ3v) is 8.97. The minimum Gasteiger partial charge on any atom is -0.493 e. The minimum absolute atomic E-state index is 0.0504. The van der Waals surface area contributed by atoms with Crippen LogP contribution in [0.3, 0.4) is 0 Å². The summed E-state index contributed by atoms with van der Waals surface area (Å²) in [6, 6.07) is 2.61. The van der Waals surface area contributed by atoms with Gasteiger partial charge in [-0.15, -0.1) is 16.4 Å². The Labute approximate surface area is 285 Å². The average Bonchev–Trinajstić information content (AvgIpc) is 3.68. The van der Waals surface area contributed by atoms with Crippen LogP contribution >= 0.6 is 11.3 Å². The Morgan fingerprint density at radius 1 is 1.08 bits per heavy atom. The number of carbonyl (C=O) groups is 3. The zero-order valence-electron chi connectivity index (χ0n) is 28.4. The van der Waals surface area contributed by atoms with E-state index in [0.717, 1.165) is 38.2 Å². The third-order valence-electron chi connectivity index (χ3n) is 8.05. The second-order valence-corrected chi connectivity index (χ2v) is 13.4. The molecule has 2 aromatic heterocycles. The smallest absolute Gasteiger partial charge is 0.252 e. The number of benzene rings is 1. The van der Waals surface area contributed by atoms with Crippen molar-refractivity contribution >= 4 is 29.1 Å². The summed E-state index contributed by atoms with van der Waals surface area (Å²) in [6.07, 6.45) is 3.40. The predicted molar refractivity (Wildman–Crippen MR) is 181 cm³/mol. The van der Waals surface area contributed by atoms with Crippen LogP contribution in [0.2, 0.25) is 0 Å². The predicted octanol–water partition coefficient (Wildman–Crippen LogP) is 2.44. The van der Waals surface area contributed by atoms with E-state index in [9.17, 15) is 19.5 Å². The van der Waals surface area contributed by atoms with Crippen LogP contribution in [0.4, 0.5) is 0 Å². The number of methoxy groups -OCH3 is 1. The van der Waals surface area contributed by atoms with Crippen LogP contribution < -0.4 is 25.4 Å². The number of thiazole rings is 1. The Balaban J connectivity index is 1.56. The fourth-order valence-electron chi connectivity index (χ4n) is 5.39. The topological polar surface area (TPSA) is 173 Å². The highest BCUT2D eigenvalue weighted by Gasteiger charge is 2.30. The number of carbonyl (C=O) groups excluding carboxylic acids is 3. The Hall–Kier alpha value is -4.08. The summed E-state index contributed by atoms with van der Waals surface area (Å²) in [5.41, 5.74) is 3.78. The van der Waals surface area contributed by atoms with Gasteiger partial charge in [0, 0.05) is 36.6 Å². The molecular formula is C33H48N8O6S. The van der Waals surface area contributed by atoms with Crippen LogP contribution in [0.15, 0.2) is 29.9 Å². The minimum atomic E-state index is -1.18. The van der Waals surface area contributed by atoms with Gasteiger partial charge in [-0.25, -0.2) is 4.98 Å². The van der Waals surface area contributed by atoms with Crippen molar-refractivity contribution in [3.8, 4) is 11.5 Å². The summed E-state index contributed by atoms with van der Waals surface area (Å²) >= 11 is 1.64. The monoisotopic (exact) mass is 684 g/mol. The van der Waals surface area contributed by atoms with Gasteiger partial charge in [0.1, 0.15) is 24.4 Å². The fourth-order valence-corrected chi connectivity index (χ4v) is 6.21. The molecule has 15 heteroatoms. The lowest BCUT2D eigenvalue weighted by Crippen LogP contribution is -2.57. The van der Waals surface area contributed by atoms with Crippen molar-refractivity contribution in [2.75, 3.05) is 26.7 Å². The number of aromatic nitrogens is 4. The molecule has 3 aromatic rings. The van der Waals surface area contributed by atoms with Crippen molar-refractivity contribution < 1.29 is 29.0 Å². The molecule has 3 atom stereocenters. The second-order valence-electron chi connectivity index (χ2n) is 12.5. The van der Waals surface area contributed by atoms with E-state index in [4.69, 9.17) is 9.47 Å². The van der Waals surface area contributed by atoms with Gasteiger partial charge in [-0.3, -0.25) is 24.0 Å². The largest absolute Gasteiger partial charge is 0.493 e. The molecule has 3 heterocycles. The summed E-state index contributed by atoms with van der Waals surface area (Å²) in [5.74, 6) is -0.730. The number of ether oxygens (including phenoxy) is 2. The number of aliphatic hydroxyl groups excluding tert-OH is 1. The van der Waals surface area contributed by atoms with Gasteiger partial charge in [-0.2, -0.15) is 0 Å². The van der Waals surface area contributed by atoms with Crippen LogP contribution in [0.5, 0.6) is 11.5 Å². The van der Waals surface area contributed by atoms with Crippen LogP contribution in [0.1, 0.15) is 73.1 Å². The molecule has 4 N–H and O–H groups in total. The van der Waals surface area contributed by atoms with E-state index in [-0.39, 0.29) is 18.1 Å². The van der Waals surface area contributed by atoms with E-state index < -0.39 is 35.9 Å². The van der Waals surface area contributed by atoms with Gasteiger partial charge >= 0.3 is 0 Å². The third kappa shape index (κ3) is 10.7. The lowest BCUT2D eigenvalue weighted by Gasteiger charge is -2.26. The van der Waals surface area contributed by atoms with Crippen molar-refractivity contribution in [2.45, 2.75) is 91.3 Å². The molecule has 1 aromatic carbocycles. The maximum Gasteiger partial charge on any atom is 0.252 e. The van der Waals surface area contributed by atoms with Crippen LogP contribution in [-0.2, 0) is 29.3 Å². The van der Waals surface area contributed by atoms with E-state index >= 15 is 0 Å². The summed E-state index contributed by atoms with van der Waals surface area (Å²) < 4.78 is 13.3. The average molecular weight is 685 g/mol. The quantitative estimate of drug-likeness (QED) is 0.302. The fraction of sp³-hybridized carbons (Fsp3) is 0.576. The first kappa shape index (κ1) is 36.8. The van der Waals surface area contributed by atoms with Crippen LogP contribution in [-0.4, -0.2) is 92.6 Å². The molecule has 3 amide bonds. The number of nitrogens with zero attached hydrogens (tertiary/aromatic N) is 5. The van der Waals surface area contributed by atoms with E-state index in [2.05, 4.69) is 36.1 Å². The molecule has 0 spiro atoms. The first-order valence-electron chi connectivity index (χ1n) is 16.4. The standard InChI is InChI=1S/C33H48N8O6S/c1-21(2)15-26-32(44)37-30(23(4)42)33(45)34-11-6-7-12-40(18-29-22(3)35-20-48-29)13-8-14-41-17-25(38-39-41)19-47-28-16-24(31(43)36-26)9-10-27(28)46-5/h9-10,16-17,20-21,23,26,30,42H,6-8,11-15,18-19H2,1-5H3,(H,34,45)(H,36,43)(H,37,44)/t23-,26-,30+/m1/s1. The molecule has 0 saturated carbocycles. The van der Waals surface area contributed by atoms with Gasteiger partial charge in [0.15, 0.2) is 11.5 Å². The first-order valence-corrected chi connectivity index (χ1v) is 17.3. The zero-order chi connectivity index (χ0) is 34.6. The first-order chi connectivity index (χ1) is 23.0. The molecule has 0 saturated heterocycles. The Kier molecular flexibility index (Phi) is 13.7. The molecule has 0 unspecified atom stereocenters. The van der Waals surface area contributed by atoms with Crippen molar-refractivity contribution in [2.24, 2.45) is 5.92 Å². The van der Waals surface area contributed by atoms with E-state index in [1.54, 1.807) is 34.2 Å². The van der Waals surface area contributed by atoms with E-state index in [1.807, 2.05) is 32.5 Å². The number of rotatable bonds is 6. The van der Waals surface area contributed by atoms with Crippen molar-refractivity contribution in [1.82, 2.24) is 40.8 Å². The van der Waals surface area contributed by atoms with E-state index in [1.165, 1.54) is 18.9 Å². The van der Waals surface area contributed by atoms with Crippen molar-refractivity contribution in [3.05, 3.63) is 51.7 Å². The highest BCUT2D eigenvalue weighted by molar-refractivity contribution is 7.09. The number of hydrogen-bond donors (Lipinski definition) is 4. The molecule has 14 nitrogen and oxygen atoms in total. The molecule has 4 rings (SSSR count). The highest BCUT2D eigenvalue weighted by Crippen LogP contribution is 2.29. The molecule has 0 aliphatic carbocycles. The molecule has 1 aliphatic heterocycles. The number of aliphatic hydroxyl groups is 1. The number of hydrogen-bond acceptors (Lipinski definition) is 11. The normalized spacial score (nSPS) is 20.2. The zero-order valence-corrected chi connectivity index (χ0v) is 29.2. The molecule has 4 bridgehead atoms. The second kappa shape index (κ2) is 17.9. The maximum atomic E-state index is 13.5. The van der Waals surface area contributed by atoms with Gasteiger partial charge in [0.05, 0.1) is 30.6 Å². The summed E-state index contributed by atoms with van der Waals surface area (Å²) in [5, 5.41) is 27.3.